The number of carbonyl (C=O) groups excluding carboxylic acids is 1. The SMILES string of the molecule is Cn1cnc(C2CC3CC(O)(c4cc(OCC(O)C(F)(F)F)nn4C)CC3C2)c1C(=O)Nc1ccc(F)c(Cl)c1. The average molecular weight is 586 g/mol. The van der Waals surface area contributed by atoms with Crippen LogP contribution in [0.1, 0.15) is 53.5 Å². The van der Waals surface area contributed by atoms with Crippen molar-refractivity contribution in [2.24, 2.45) is 25.9 Å². The Morgan fingerprint density at radius 3 is 2.55 bits per heavy atom. The molecular weight excluding hydrogens is 558 g/mol. The smallest absolute Gasteiger partial charge is 0.417 e. The van der Waals surface area contributed by atoms with Gasteiger partial charge < -0.3 is 24.8 Å². The number of rotatable bonds is 7. The number of fused-ring (bicyclic) bond motifs is 1. The Morgan fingerprint density at radius 1 is 1.25 bits per heavy atom. The molecule has 3 aromatic rings. The van der Waals surface area contributed by atoms with Crippen molar-refractivity contribution < 1.29 is 37.3 Å². The molecule has 3 unspecified atom stereocenters. The minimum Gasteiger partial charge on any atom is -0.473 e. The molecule has 14 heteroatoms. The minimum absolute atomic E-state index is 0.0207. The molecule has 2 saturated carbocycles. The van der Waals surface area contributed by atoms with Crippen molar-refractivity contribution in [3.05, 3.63) is 58.5 Å². The molecule has 0 radical (unpaired) electrons. The van der Waals surface area contributed by atoms with E-state index in [0.29, 0.717) is 48.5 Å². The number of ether oxygens (including phenoxy) is 1. The quantitative estimate of drug-likeness (QED) is 0.357. The zero-order valence-corrected chi connectivity index (χ0v) is 22.4. The molecule has 9 nitrogen and oxygen atoms in total. The number of amides is 1. The number of anilines is 1. The standard InChI is InChI=1S/C26H28ClF4N5O4/c1-35-12-32-22(23(35)24(38)33-16-3-4-18(28)17(27)7-16)13-5-14-9-25(39,10-15(14)6-13)19-8-21(34-36(19)2)40-11-20(37)26(29,30)31/h3-4,7-8,12-15,20,37,39H,5-6,9-11H2,1-2H3,(H,33,38). The van der Waals surface area contributed by atoms with Crippen LogP contribution in [0.3, 0.4) is 0 Å². The molecule has 2 aliphatic carbocycles. The maximum absolute atomic E-state index is 13.5. The highest BCUT2D eigenvalue weighted by Gasteiger charge is 2.52. The molecule has 2 heterocycles. The van der Waals surface area contributed by atoms with Crippen LogP contribution >= 0.6 is 11.6 Å². The third-order valence-corrected chi connectivity index (χ3v) is 8.18. The third-order valence-electron chi connectivity index (χ3n) is 7.89. The first-order chi connectivity index (χ1) is 18.7. The highest BCUT2D eigenvalue weighted by molar-refractivity contribution is 6.31. The number of benzene rings is 1. The van der Waals surface area contributed by atoms with Crippen molar-refractivity contribution in [1.82, 2.24) is 19.3 Å². The number of aromatic nitrogens is 4. The number of nitrogens with zero attached hydrogens (tertiary/aromatic N) is 4. The fraction of sp³-hybridized carbons (Fsp3) is 0.500. The molecule has 216 valence electrons. The molecular formula is C26H28ClF4N5O4. The predicted molar refractivity (Wildman–Crippen MR) is 135 cm³/mol. The number of imidazole rings is 1. The molecule has 0 aliphatic heterocycles. The van der Waals surface area contributed by atoms with E-state index in [1.807, 2.05) is 0 Å². The average Bonchev–Trinajstić information content (AvgIpc) is 3.61. The second-order valence-electron chi connectivity index (χ2n) is 10.7. The first-order valence-electron chi connectivity index (χ1n) is 12.7. The van der Waals surface area contributed by atoms with Gasteiger partial charge in [-0.1, -0.05) is 11.6 Å². The van der Waals surface area contributed by atoms with Gasteiger partial charge in [-0.2, -0.15) is 13.2 Å². The van der Waals surface area contributed by atoms with Crippen LogP contribution in [0.25, 0.3) is 0 Å². The number of aliphatic hydroxyl groups excluding tert-OH is 1. The molecule has 2 aliphatic rings. The van der Waals surface area contributed by atoms with E-state index in [9.17, 15) is 32.6 Å². The van der Waals surface area contributed by atoms with Crippen LogP contribution in [0, 0.1) is 17.7 Å². The Balaban J connectivity index is 1.26. The van der Waals surface area contributed by atoms with E-state index in [0.717, 1.165) is 0 Å². The van der Waals surface area contributed by atoms with E-state index < -0.39 is 36.2 Å². The molecule has 2 fully saturated rings. The number of alkyl halides is 3. The van der Waals surface area contributed by atoms with Crippen molar-refractivity contribution in [2.45, 2.75) is 49.5 Å². The van der Waals surface area contributed by atoms with Gasteiger partial charge in [0.15, 0.2) is 6.10 Å². The predicted octanol–water partition coefficient (Wildman–Crippen LogP) is 4.29. The highest BCUT2D eigenvalue weighted by atomic mass is 35.5. The van der Waals surface area contributed by atoms with E-state index in [2.05, 4.69) is 15.4 Å². The van der Waals surface area contributed by atoms with E-state index in [1.54, 1.807) is 25.0 Å². The number of halogens is 5. The zero-order chi connectivity index (χ0) is 29.0. The van der Waals surface area contributed by atoms with Gasteiger partial charge in [-0.3, -0.25) is 9.48 Å². The fourth-order valence-corrected chi connectivity index (χ4v) is 6.27. The van der Waals surface area contributed by atoms with Crippen molar-refractivity contribution in [1.29, 1.82) is 0 Å². The monoisotopic (exact) mass is 585 g/mol. The summed E-state index contributed by atoms with van der Waals surface area (Å²) in [5.74, 6) is -0.883. The molecule has 5 rings (SSSR count). The summed E-state index contributed by atoms with van der Waals surface area (Å²) in [5.41, 5.74) is 0.550. The highest BCUT2D eigenvalue weighted by Crippen LogP contribution is 2.57. The first-order valence-corrected chi connectivity index (χ1v) is 13.0. The molecule has 1 aromatic carbocycles. The molecule has 0 spiro atoms. The molecule has 1 amide bonds. The summed E-state index contributed by atoms with van der Waals surface area (Å²) in [4.78, 5) is 17.7. The lowest BCUT2D eigenvalue weighted by Gasteiger charge is -2.24. The minimum atomic E-state index is -4.81. The summed E-state index contributed by atoms with van der Waals surface area (Å²) in [7, 11) is 3.29. The van der Waals surface area contributed by atoms with Crippen LogP contribution in [0.2, 0.25) is 5.02 Å². The number of carbonyl (C=O) groups is 1. The second kappa shape index (κ2) is 10.3. The normalized spacial score (nSPS) is 25.2. The summed E-state index contributed by atoms with van der Waals surface area (Å²) >= 11 is 5.84. The van der Waals surface area contributed by atoms with Gasteiger partial charge in [0, 0.05) is 31.8 Å². The maximum Gasteiger partial charge on any atom is 0.417 e. The molecule has 0 saturated heterocycles. The number of aryl methyl sites for hydroxylation is 2. The van der Waals surface area contributed by atoms with Crippen LogP contribution in [-0.4, -0.2) is 54.3 Å². The maximum atomic E-state index is 13.5. The summed E-state index contributed by atoms with van der Waals surface area (Å²) in [6.07, 6.45) is -3.70. The second-order valence-corrected chi connectivity index (χ2v) is 11.1. The summed E-state index contributed by atoms with van der Waals surface area (Å²) < 4.78 is 59.3. The Kier molecular flexibility index (Phi) is 7.34. The first kappa shape index (κ1) is 28.4. The van der Waals surface area contributed by atoms with Crippen LogP contribution in [-0.2, 0) is 19.7 Å². The Labute approximate surface area is 231 Å². The summed E-state index contributed by atoms with van der Waals surface area (Å²) in [6, 6.07) is 5.33. The van der Waals surface area contributed by atoms with Gasteiger partial charge in [-0.05, 0) is 55.7 Å². The van der Waals surface area contributed by atoms with Crippen molar-refractivity contribution in [3.63, 3.8) is 0 Å². The topological polar surface area (TPSA) is 114 Å². The van der Waals surface area contributed by atoms with Gasteiger partial charge in [0.25, 0.3) is 5.91 Å². The lowest BCUT2D eigenvalue weighted by molar-refractivity contribution is -0.210. The Hall–Kier alpha value is -3.16. The number of aliphatic hydroxyl groups is 2. The largest absolute Gasteiger partial charge is 0.473 e. The van der Waals surface area contributed by atoms with Gasteiger partial charge in [-0.25, -0.2) is 9.37 Å². The van der Waals surface area contributed by atoms with Crippen molar-refractivity contribution >= 4 is 23.2 Å². The lowest BCUT2D eigenvalue weighted by atomic mass is 9.90. The Morgan fingerprint density at radius 2 is 1.93 bits per heavy atom. The van der Waals surface area contributed by atoms with E-state index in [1.165, 1.54) is 28.9 Å². The van der Waals surface area contributed by atoms with E-state index in [4.69, 9.17) is 16.3 Å². The van der Waals surface area contributed by atoms with Crippen LogP contribution in [0.15, 0.2) is 30.6 Å². The van der Waals surface area contributed by atoms with Gasteiger partial charge in [0.05, 0.1) is 22.7 Å². The fourth-order valence-electron chi connectivity index (χ4n) is 6.09. The molecule has 40 heavy (non-hydrogen) atoms. The van der Waals surface area contributed by atoms with Gasteiger partial charge in [-0.15, -0.1) is 5.10 Å². The van der Waals surface area contributed by atoms with Crippen LogP contribution in [0.4, 0.5) is 23.2 Å². The summed E-state index contributed by atoms with van der Waals surface area (Å²) in [6.45, 7) is -1.00. The number of nitrogens with one attached hydrogen (secondary N) is 1. The molecule has 3 atom stereocenters. The number of hydrogen-bond acceptors (Lipinski definition) is 6. The van der Waals surface area contributed by atoms with Gasteiger partial charge in [0.2, 0.25) is 5.88 Å². The van der Waals surface area contributed by atoms with Crippen molar-refractivity contribution in [3.8, 4) is 5.88 Å². The van der Waals surface area contributed by atoms with E-state index in [-0.39, 0.29) is 28.7 Å². The Bertz CT molecular complexity index is 1410. The molecule has 3 N–H and O–H groups in total. The lowest BCUT2D eigenvalue weighted by Crippen LogP contribution is -2.34. The summed E-state index contributed by atoms with van der Waals surface area (Å²) in [5, 5.41) is 27.4. The number of hydrogen-bond donors (Lipinski definition) is 3. The molecule has 0 bridgehead atoms. The zero-order valence-electron chi connectivity index (χ0n) is 21.6. The van der Waals surface area contributed by atoms with Crippen LogP contribution in [0.5, 0.6) is 5.88 Å². The van der Waals surface area contributed by atoms with Gasteiger partial charge >= 0.3 is 6.18 Å². The third kappa shape index (κ3) is 5.41. The van der Waals surface area contributed by atoms with E-state index >= 15 is 0 Å². The van der Waals surface area contributed by atoms with Crippen LogP contribution < -0.4 is 10.1 Å². The molecule has 2 aromatic heterocycles. The van der Waals surface area contributed by atoms with Crippen molar-refractivity contribution in [2.75, 3.05) is 11.9 Å². The van der Waals surface area contributed by atoms with Gasteiger partial charge in [0.1, 0.15) is 23.7 Å².